The number of aromatic nitrogens is 3. The average molecular weight is 442 g/mol. The fraction of sp³-hybridized carbons (Fsp3) is 0.304. The predicted octanol–water partition coefficient (Wildman–Crippen LogP) is 4.41. The lowest BCUT2D eigenvalue weighted by Gasteiger charge is -2.35. The van der Waals surface area contributed by atoms with E-state index in [2.05, 4.69) is 27.1 Å². The molecule has 0 amide bonds. The van der Waals surface area contributed by atoms with E-state index in [1.807, 2.05) is 41.1 Å². The van der Waals surface area contributed by atoms with Crippen molar-refractivity contribution < 1.29 is 8.78 Å². The third kappa shape index (κ3) is 4.97. The Labute approximate surface area is 185 Å². The maximum absolute atomic E-state index is 13.5. The van der Waals surface area contributed by atoms with Crippen molar-refractivity contribution in [2.75, 3.05) is 43.9 Å². The average Bonchev–Trinajstić information content (AvgIpc) is 3.13. The van der Waals surface area contributed by atoms with Crippen molar-refractivity contribution in [3.8, 4) is 5.82 Å². The van der Waals surface area contributed by atoms with Crippen molar-refractivity contribution in [3.63, 3.8) is 0 Å². The van der Waals surface area contributed by atoms with Gasteiger partial charge in [0.2, 0.25) is 0 Å². The summed E-state index contributed by atoms with van der Waals surface area (Å²) in [5.74, 6) is -0.227. The maximum Gasteiger partial charge on any atom is 0.167 e. The summed E-state index contributed by atoms with van der Waals surface area (Å²) in [5.41, 5.74) is 2.71. The van der Waals surface area contributed by atoms with Crippen LogP contribution in [0, 0.1) is 18.6 Å². The van der Waals surface area contributed by atoms with E-state index in [1.165, 1.54) is 12.1 Å². The van der Waals surface area contributed by atoms with E-state index >= 15 is 0 Å². The zero-order valence-corrected chi connectivity index (χ0v) is 18.4. The van der Waals surface area contributed by atoms with E-state index < -0.39 is 11.6 Å². The molecule has 0 unspecified atom stereocenters. The SMILES string of the molecule is CSc1cccnc1-n1ncc(C=CCN2CCN(c3cc(F)cc(F)c3)CC2)c1C. The zero-order valence-electron chi connectivity index (χ0n) is 17.6. The molecule has 3 aromatic rings. The highest BCUT2D eigenvalue weighted by molar-refractivity contribution is 7.98. The van der Waals surface area contributed by atoms with E-state index in [4.69, 9.17) is 0 Å². The number of halogens is 2. The van der Waals surface area contributed by atoms with Crippen molar-refractivity contribution in [2.45, 2.75) is 11.8 Å². The summed E-state index contributed by atoms with van der Waals surface area (Å²) >= 11 is 1.65. The van der Waals surface area contributed by atoms with Crippen LogP contribution in [0.1, 0.15) is 11.3 Å². The molecule has 162 valence electrons. The highest BCUT2D eigenvalue weighted by atomic mass is 32.2. The van der Waals surface area contributed by atoms with Crippen LogP contribution in [-0.4, -0.2) is 58.6 Å². The lowest BCUT2D eigenvalue weighted by atomic mass is 10.2. The summed E-state index contributed by atoms with van der Waals surface area (Å²) in [6.45, 7) is 6.02. The lowest BCUT2D eigenvalue weighted by molar-refractivity contribution is 0.284. The molecular formula is C23H25F2N5S. The normalized spacial score (nSPS) is 15.2. The van der Waals surface area contributed by atoms with Crippen molar-refractivity contribution in [1.29, 1.82) is 0 Å². The van der Waals surface area contributed by atoms with Crippen LogP contribution in [0.4, 0.5) is 14.5 Å². The summed E-state index contributed by atoms with van der Waals surface area (Å²) in [5, 5.41) is 4.53. The summed E-state index contributed by atoms with van der Waals surface area (Å²) in [6, 6.07) is 7.66. The largest absolute Gasteiger partial charge is 0.369 e. The molecule has 1 aliphatic rings. The molecule has 0 saturated carbocycles. The molecule has 31 heavy (non-hydrogen) atoms. The molecule has 5 nitrogen and oxygen atoms in total. The van der Waals surface area contributed by atoms with Crippen LogP contribution < -0.4 is 4.90 Å². The quantitative estimate of drug-likeness (QED) is 0.530. The van der Waals surface area contributed by atoms with E-state index in [0.29, 0.717) is 5.69 Å². The Morgan fingerprint density at radius 3 is 2.55 bits per heavy atom. The van der Waals surface area contributed by atoms with Gasteiger partial charge in [-0.05, 0) is 37.4 Å². The molecule has 0 radical (unpaired) electrons. The lowest BCUT2D eigenvalue weighted by Crippen LogP contribution is -2.46. The maximum atomic E-state index is 13.5. The summed E-state index contributed by atoms with van der Waals surface area (Å²) in [4.78, 5) is 9.92. The van der Waals surface area contributed by atoms with Gasteiger partial charge in [0.1, 0.15) is 11.6 Å². The van der Waals surface area contributed by atoms with Gasteiger partial charge in [0.05, 0.1) is 16.8 Å². The molecule has 8 heteroatoms. The fourth-order valence-corrected chi connectivity index (χ4v) is 4.28. The number of hydrogen-bond donors (Lipinski definition) is 0. The van der Waals surface area contributed by atoms with E-state index in [-0.39, 0.29) is 0 Å². The second-order valence-electron chi connectivity index (χ2n) is 7.44. The van der Waals surface area contributed by atoms with Crippen molar-refractivity contribution >= 4 is 23.5 Å². The van der Waals surface area contributed by atoms with E-state index in [0.717, 1.165) is 60.8 Å². The van der Waals surface area contributed by atoms with Crippen LogP contribution in [0.25, 0.3) is 11.9 Å². The Morgan fingerprint density at radius 2 is 1.84 bits per heavy atom. The molecule has 1 aliphatic heterocycles. The first-order chi connectivity index (χ1) is 15.0. The van der Waals surface area contributed by atoms with Crippen LogP contribution in [0.15, 0.2) is 53.7 Å². The second-order valence-corrected chi connectivity index (χ2v) is 8.29. The van der Waals surface area contributed by atoms with E-state index in [9.17, 15) is 8.78 Å². The smallest absolute Gasteiger partial charge is 0.167 e. The standard InChI is InChI=1S/C23H25F2N5S/c1-17-18(16-27-30(17)23-22(31-2)6-3-7-26-23)5-4-8-28-9-11-29(12-10-28)21-14-19(24)13-20(25)15-21/h3-7,13-16H,8-12H2,1-2H3. The van der Waals surface area contributed by atoms with Crippen LogP contribution in [-0.2, 0) is 0 Å². The van der Waals surface area contributed by atoms with Crippen molar-refractivity contribution in [2.24, 2.45) is 0 Å². The number of piperazine rings is 1. The molecule has 0 atom stereocenters. The first-order valence-corrected chi connectivity index (χ1v) is 11.4. The minimum absolute atomic E-state index is 0.536. The van der Waals surface area contributed by atoms with Gasteiger partial charge in [0, 0.05) is 56.2 Å². The Bertz CT molecular complexity index is 1050. The molecule has 2 aromatic heterocycles. The van der Waals surface area contributed by atoms with Gasteiger partial charge in [-0.1, -0.05) is 12.2 Å². The minimum Gasteiger partial charge on any atom is -0.369 e. The number of nitrogens with zero attached hydrogens (tertiary/aromatic N) is 5. The van der Waals surface area contributed by atoms with Gasteiger partial charge in [-0.3, -0.25) is 4.90 Å². The number of rotatable bonds is 6. The molecule has 1 fully saturated rings. The van der Waals surface area contributed by atoms with Crippen LogP contribution in [0.3, 0.4) is 0 Å². The third-order valence-electron chi connectivity index (χ3n) is 5.46. The number of thioether (sulfide) groups is 1. The molecule has 0 bridgehead atoms. The van der Waals surface area contributed by atoms with Crippen LogP contribution >= 0.6 is 11.8 Å². The Kier molecular flexibility index (Phi) is 6.67. The molecule has 4 rings (SSSR count). The fourth-order valence-electron chi connectivity index (χ4n) is 3.74. The summed E-state index contributed by atoms with van der Waals surface area (Å²) in [6.07, 6.45) is 9.91. The van der Waals surface area contributed by atoms with Gasteiger partial charge in [-0.2, -0.15) is 5.10 Å². The zero-order chi connectivity index (χ0) is 21.8. The van der Waals surface area contributed by atoms with Gasteiger partial charge in [0.15, 0.2) is 5.82 Å². The first-order valence-electron chi connectivity index (χ1n) is 10.2. The molecule has 0 spiro atoms. The topological polar surface area (TPSA) is 37.2 Å². The van der Waals surface area contributed by atoms with E-state index in [1.54, 1.807) is 18.0 Å². The van der Waals surface area contributed by atoms with Gasteiger partial charge in [-0.25, -0.2) is 18.4 Å². The van der Waals surface area contributed by atoms with Crippen LogP contribution in [0.2, 0.25) is 0 Å². The van der Waals surface area contributed by atoms with Gasteiger partial charge < -0.3 is 4.90 Å². The molecule has 3 heterocycles. The number of anilines is 1. The highest BCUT2D eigenvalue weighted by Crippen LogP contribution is 2.24. The Morgan fingerprint density at radius 1 is 1.10 bits per heavy atom. The highest BCUT2D eigenvalue weighted by Gasteiger charge is 2.17. The molecule has 1 saturated heterocycles. The van der Waals surface area contributed by atoms with Gasteiger partial charge in [0.25, 0.3) is 0 Å². The first kappa shape index (κ1) is 21.5. The Balaban J connectivity index is 1.35. The summed E-state index contributed by atoms with van der Waals surface area (Å²) in [7, 11) is 0. The third-order valence-corrected chi connectivity index (χ3v) is 6.22. The predicted molar refractivity (Wildman–Crippen MR) is 122 cm³/mol. The van der Waals surface area contributed by atoms with Crippen molar-refractivity contribution in [1.82, 2.24) is 19.7 Å². The summed E-state index contributed by atoms with van der Waals surface area (Å²) < 4.78 is 28.8. The van der Waals surface area contributed by atoms with Crippen LogP contribution in [0.5, 0.6) is 0 Å². The van der Waals surface area contributed by atoms with Crippen molar-refractivity contribution in [3.05, 3.63) is 71.7 Å². The van der Waals surface area contributed by atoms with Gasteiger partial charge >= 0.3 is 0 Å². The Hall–Kier alpha value is -2.71. The number of benzene rings is 1. The molecule has 0 N–H and O–H groups in total. The molecule has 0 aliphatic carbocycles. The minimum atomic E-state index is -0.536. The molecular weight excluding hydrogens is 416 g/mol. The second kappa shape index (κ2) is 9.62. The molecule has 1 aromatic carbocycles. The monoisotopic (exact) mass is 441 g/mol. The van der Waals surface area contributed by atoms with Gasteiger partial charge in [-0.15, -0.1) is 11.8 Å². The number of pyridine rings is 1. The number of hydrogen-bond acceptors (Lipinski definition) is 5.